The van der Waals surface area contributed by atoms with Crippen molar-refractivity contribution >= 4 is 53.7 Å². The summed E-state index contributed by atoms with van der Waals surface area (Å²) in [4.78, 5) is 15.9. The summed E-state index contributed by atoms with van der Waals surface area (Å²) < 4.78 is 51.1. The predicted octanol–water partition coefficient (Wildman–Crippen LogP) is 3.21. The Morgan fingerprint density at radius 2 is 1.58 bits per heavy atom. The Hall–Kier alpha value is -3.83. The van der Waals surface area contributed by atoms with E-state index in [1.165, 1.54) is 36.5 Å². The van der Waals surface area contributed by atoms with Crippen LogP contribution >= 0.6 is 0 Å². The van der Waals surface area contributed by atoms with Gasteiger partial charge in [-0.3, -0.25) is 9.52 Å². The molecule has 1 heterocycles. The predicted molar refractivity (Wildman–Crippen MR) is 127 cm³/mol. The number of benzene rings is 3. The van der Waals surface area contributed by atoms with Crippen molar-refractivity contribution < 1.29 is 21.6 Å². The first-order chi connectivity index (χ1) is 15.5. The fraction of sp³-hybridized carbons (Fsp3) is 0.0455. The van der Waals surface area contributed by atoms with Crippen molar-refractivity contribution in [1.82, 2.24) is 4.98 Å². The van der Waals surface area contributed by atoms with Crippen LogP contribution in [0.2, 0.25) is 0 Å². The third kappa shape index (κ3) is 4.83. The van der Waals surface area contributed by atoms with Crippen LogP contribution in [0.5, 0.6) is 0 Å². The molecule has 0 radical (unpaired) electrons. The van der Waals surface area contributed by atoms with Gasteiger partial charge in [-0.15, -0.1) is 0 Å². The molecule has 0 aliphatic heterocycles. The molecule has 0 aliphatic carbocycles. The van der Waals surface area contributed by atoms with Crippen molar-refractivity contribution in [2.75, 3.05) is 22.0 Å². The molecule has 4 rings (SSSR count). The summed E-state index contributed by atoms with van der Waals surface area (Å²) in [6, 6.07) is 16.7. The number of nitrogen functional groups attached to an aromatic ring is 1. The molecule has 1 aromatic heterocycles. The van der Waals surface area contributed by atoms with Gasteiger partial charge in [0.2, 0.25) is 19.9 Å². The fourth-order valence-electron chi connectivity index (χ4n) is 3.35. The van der Waals surface area contributed by atoms with E-state index < -0.39 is 25.8 Å². The SMILES string of the molecule is CS(=O)(=O)Nc1ccc2c(C(=O)Nc3cccc(S(=O)(=O)c4cccc(N)c4)c3)c[nH]c2c1. The lowest BCUT2D eigenvalue weighted by atomic mass is 10.1. The number of rotatable bonds is 6. The normalized spacial score (nSPS) is 11.9. The zero-order valence-corrected chi connectivity index (χ0v) is 19.0. The molecule has 3 aromatic carbocycles. The number of hydrogen-bond donors (Lipinski definition) is 4. The monoisotopic (exact) mass is 484 g/mol. The van der Waals surface area contributed by atoms with Gasteiger partial charge in [0.1, 0.15) is 0 Å². The van der Waals surface area contributed by atoms with Gasteiger partial charge >= 0.3 is 0 Å². The molecule has 33 heavy (non-hydrogen) atoms. The molecule has 1 amide bonds. The number of hydrogen-bond acceptors (Lipinski definition) is 6. The molecule has 5 N–H and O–H groups in total. The number of sulfone groups is 1. The Morgan fingerprint density at radius 1 is 0.879 bits per heavy atom. The molecule has 0 spiro atoms. The number of sulfonamides is 1. The number of H-pyrrole nitrogens is 1. The van der Waals surface area contributed by atoms with Crippen LogP contribution in [0.25, 0.3) is 10.9 Å². The number of nitrogens with two attached hydrogens (primary N) is 1. The maximum absolute atomic E-state index is 12.9. The minimum absolute atomic E-state index is 0.0151. The molecule has 0 saturated carbocycles. The number of anilines is 3. The Morgan fingerprint density at radius 3 is 2.27 bits per heavy atom. The lowest BCUT2D eigenvalue weighted by Gasteiger charge is -2.09. The molecule has 0 aliphatic rings. The van der Waals surface area contributed by atoms with Gasteiger partial charge in [0.25, 0.3) is 5.91 Å². The molecule has 0 fully saturated rings. The van der Waals surface area contributed by atoms with Gasteiger partial charge in [-0.2, -0.15) is 0 Å². The van der Waals surface area contributed by atoms with Crippen molar-refractivity contribution in [3.8, 4) is 0 Å². The van der Waals surface area contributed by atoms with Crippen molar-refractivity contribution in [1.29, 1.82) is 0 Å². The zero-order valence-electron chi connectivity index (χ0n) is 17.4. The van der Waals surface area contributed by atoms with Crippen LogP contribution in [-0.2, 0) is 19.9 Å². The van der Waals surface area contributed by atoms with Crippen LogP contribution in [0.3, 0.4) is 0 Å². The van der Waals surface area contributed by atoms with E-state index in [0.29, 0.717) is 33.5 Å². The van der Waals surface area contributed by atoms with E-state index in [0.717, 1.165) is 6.26 Å². The van der Waals surface area contributed by atoms with E-state index in [9.17, 15) is 21.6 Å². The summed E-state index contributed by atoms with van der Waals surface area (Å²) in [6.45, 7) is 0. The Bertz CT molecular complexity index is 1590. The van der Waals surface area contributed by atoms with E-state index in [4.69, 9.17) is 5.73 Å². The van der Waals surface area contributed by atoms with Crippen molar-refractivity contribution in [3.63, 3.8) is 0 Å². The fourth-order valence-corrected chi connectivity index (χ4v) is 5.26. The number of carbonyl (C=O) groups is 1. The molecule has 0 saturated heterocycles. The van der Waals surface area contributed by atoms with Crippen LogP contribution in [0.1, 0.15) is 10.4 Å². The second-order valence-electron chi connectivity index (χ2n) is 7.39. The van der Waals surface area contributed by atoms with Crippen molar-refractivity contribution in [2.24, 2.45) is 0 Å². The van der Waals surface area contributed by atoms with Gasteiger partial charge in [0, 0.05) is 28.5 Å². The summed E-state index contributed by atoms with van der Waals surface area (Å²) in [5, 5.41) is 3.28. The molecular weight excluding hydrogens is 464 g/mol. The number of aromatic nitrogens is 1. The third-order valence-electron chi connectivity index (χ3n) is 4.80. The first-order valence-electron chi connectivity index (χ1n) is 9.64. The van der Waals surface area contributed by atoms with Crippen LogP contribution < -0.4 is 15.8 Å². The quantitative estimate of drug-likeness (QED) is 0.309. The lowest BCUT2D eigenvalue weighted by Crippen LogP contribution is -2.12. The minimum atomic E-state index is -3.82. The summed E-state index contributed by atoms with van der Waals surface area (Å²) >= 11 is 0. The smallest absolute Gasteiger partial charge is 0.257 e. The van der Waals surface area contributed by atoms with E-state index >= 15 is 0 Å². The molecule has 0 unspecified atom stereocenters. The van der Waals surface area contributed by atoms with Crippen molar-refractivity contribution in [3.05, 3.63) is 78.5 Å². The zero-order chi connectivity index (χ0) is 23.8. The van der Waals surface area contributed by atoms with Crippen LogP contribution in [0.15, 0.2) is 82.7 Å². The van der Waals surface area contributed by atoms with Crippen LogP contribution in [-0.4, -0.2) is 34.0 Å². The highest BCUT2D eigenvalue weighted by atomic mass is 32.2. The van der Waals surface area contributed by atoms with Crippen LogP contribution in [0.4, 0.5) is 17.1 Å². The number of carbonyl (C=O) groups excluding carboxylic acids is 1. The molecule has 4 aromatic rings. The second-order valence-corrected chi connectivity index (χ2v) is 11.1. The lowest BCUT2D eigenvalue weighted by molar-refractivity contribution is 0.102. The van der Waals surface area contributed by atoms with E-state index in [1.807, 2.05) is 0 Å². The first-order valence-corrected chi connectivity index (χ1v) is 13.0. The maximum Gasteiger partial charge on any atom is 0.257 e. The average Bonchev–Trinajstić information content (AvgIpc) is 3.16. The third-order valence-corrected chi connectivity index (χ3v) is 7.16. The van der Waals surface area contributed by atoms with Gasteiger partial charge in [-0.1, -0.05) is 12.1 Å². The second kappa shape index (κ2) is 8.26. The van der Waals surface area contributed by atoms with E-state index in [2.05, 4.69) is 15.0 Å². The number of aromatic amines is 1. The Labute approximate surface area is 190 Å². The minimum Gasteiger partial charge on any atom is -0.399 e. The molecular formula is C22H20N4O5S2. The number of amides is 1. The standard InChI is InChI=1S/C22H20N4O5S2/c1-32(28,29)26-16-8-9-19-20(13-24-21(19)12-16)22(27)25-15-5-3-7-18(11-15)33(30,31)17-6-2-4-14(23)10-17/h2-13,24,26H,23H2,1H3,(H,25,27). The molecule has 11 heteroatoms. The highest BCUT2D eigenvalue weighted by Gasteiger charge is 2.19. The molecule has 0 atom stereocenters. The average molecular weight is 485 g/mol. The molecule has 0 bridgehead atoms. The van der Waals surface area contributed by atoms with Crippen molar-refractivity contribution in [2.45, 2.75) is 9.79 Å². The van der Waals surface area contributed by atoms with E-state index in [-0.39, 0.29) is 9.79 Å². The number of fused-ring (bicyclic) bond motifs is 1. The highest BCUT2D eigenvalue weighted by molar-refractivity contribution is 7.92. The largest absolute Gasteiger partial charge is 0.399 e. The Balaban J connectivity index is 1.60. The first kappa shape index (κ1) is 22.4. The summed E-state index contributed by atoms with van der Waals surface area (Å²) in [5.41, 5.74) is 7.58. The van der Waals surface area contributed by atoms with Crippen LogP contribution in [0, 0.1) is 0 Å². The van der Waals surface area contributed by atoms with Gasteiger partial charge in [0.15, 0.2) is 0 Å². The van der Waals surface area contributed by atoms with Gasteiger partial charge in [0.05, 0.1) is 27.3 Å². The highest BCUT2D eigenvalue weighted by Crippen LogP contribution is 2.26. The topological polar surface area (TPSA) is 151 Å². The Kier molecular flexibility index (Phi) is 5.60. The van der Waals surface area contributed by atoms with Gasteiger partial charge in [-0.05, 0) is 54.6 Å². The number of nitrogens with one attached hydrogen (secondary N) is 3. The summed E-state index contributed by atoms with van der Waals surface area (Å²) in [7, 11) is -7.26. The van der Waals surface area contributed by atoms with E-state index in [1.54, 1.807) is 36.4 Å². The summed E-state index contributed by atoms with van der Waals surface area (Å²) in [5.74, 6) is -0.455. The molecule has 9 nitrogen and oxygen atoms in total. The molecule has 170 valence electrons. The van der Waals surface area contributed by atoms with Gasteiger partial charge in [-0.25, -0.2) is 16.8 Å². The summed E-state index contributed by atoms with van der Waals surface area (Å²) in [6.07, 6.45) is 2.55. The maximum atomic E-state index is 12.9. The van der Waals surface area contributed by atoms with Gasteiger partial charge < -0.3 is 16.0 Å².